The van der Waals surface area contributed by atoms with Crippen LogP contribution < -0.4 is 5.32 Å². The van der Waals surface area contributed by atoms with E-state index in [2.05, 4.69) is 21.2 Å². The fourth-order valence-electron chi connectivity index (χ4n) is 2.03. The predicted molar refractivity (Wildman–Crippen MR) is 69.6 cm³/mol. The Morgan fingerprint density at radius 3 is 2.61 bits per heavy atom. The third kappa shape index (κ3) is 3.64. The van der Waals surface area contributed by atoms with E-state index < -0.39 is 11.7 Å². The molecule has 0 saturated heterocycles. The standard InChI is InChI=1S/C13H15BrF3N/c1-8(6-9-2-3-9)18-10-4-5-12(14)11(7-10)13(15,16)17/h4-5,7-9,18H,2-3,6H2,1H3. The van der Waals surface area contributed by atoms with E-state index in [1.54, 1.807) is 6.07 Å². The second-order valence-corrected chi connectivity index (χ2v) is 5.77. The first-order valence-electron chi connectivity index (χ1n) is 5.99. The average molecular weight is 322 g/mol. The maximum absolute atomic E-state index is 12.7. The zero-order chi connectivity index (χ0) is 13.3. The summed E-state index contributed by atoms with van der Waals surface area (Å²) in [7, 11) is 0. The highest BCUT2D eigenvalue weighted by molar-refractivity contribution is 9.10. The van der Waals surface area contributed by atoms with Crippen molar-refractivity contribution in [3.8, 4) is 0 Å². The summed E-state index contributed by atoms with van der Waals surface area (Å²) < 4.78 is 38.3. The molecule has 1 aromatic carbocycles. The second-order valence-electron chi connectivity index (χ2n) is 4.92. The van der Waals surface area contributed by atoms with Gasteiger partial charge in [-0.3, -0.25) is 0 Å². The van der Waals surface area contributed by atoms with Crippen molar-refractivity contribution in [3.05, 3.63) is 28.2 Å². The smallest absolute Gasteiger partial charge is 0.383 e. The Kier molecular flexibility index (Phi) is 3.90. The van der Waals surface area contributed by atoms with Crippen LogP contribution in [-0.2, 0) is 6.18 Å². The van der Waals surface area contributed by atoms with E-state index in [1.165, 1.54) is 18.9 Å². The van der Waals surface area contributed by atoms with E-state index in [9.17, 15) is 13.2 Å². The summed E-state index contributed by atoms with van der Waals surface area (Å²) in [4.78, 5) is 0. The third-order valence-electron chi connectivity index (χ3n) is 3.07. The van der Waals surface area contributed by atoms with Gasteiger partial charge < -0.3 is 5.32 Å². The van der Waals surface area contributed by atoms with Crippen LogP contribution in [-0.4, -0.2) is 6.04 Å². The zero-order valence-corrected chi connectivity index (χ0v) is 11.6. The Morgan fingerprint density at radius 2 is 2.06 bits per heavy atom. The minimum Gasteiger partial charge on any atom is -0.383 e. The summed E-state index contributed by atoms with van der Waals surface area (Å²) in [6.45, 7) is 2.01. The van der Waals surface area contributed by atoms with E-state index in [1.807, 2.05) is 6.92 Å². The second kappa shape index (κ2) is 5.11. The monoisotopic (exact) mass is 321 g/mol. The molecule has 0 amide bonds. The number of anilines is 1. The Bertz CT molecular complexity index is 427. The molecule has 0 radical (unpaired) electrons. The fraction of sp³-hybridized carbons (Fsp3) is 0.538. The molecule has 0 spiro atoms. The van der Waals surface area contributed by atoms with Crippen LogP contribution >= 0.6 is 15.9 Å². The van der Waals surface area contributed by atoms with E-state index >= 15 is 0 Å². The van der Waals surface area contributed by atoms with E-state index in [0.717, 1.165) is 18.4 Å². The molecular weight excluding hydrogens is 307 g/mol. The molecule has 1 atom stereocenters. The molecule has 1 saturated carbocycles. The molecule has 0 heterocycles. The molecule has 100 valence electrons. The van der Waals surface area contributed by atoms with Crippen molar-refractivity contribution in [2.75, 3.05) is 5.32 Å². The van der Waals surface area contributed by atoms with E-state index in [0.29, 0.717) is 5.69 Å². The number of halogens is 4. The lowest BCUT2D eigenvalue weighted by Crippen LogP contribution is -2.16. The Balaban J connectivity index is 2.08. The van der Waals surface area contributed by atoms with Crippen molar-refractivity contribution in [1.82, 2.24) is 0 Å². The normalized spacial score (nSPS) is 17.6. The van der Waals surface area contributed by atoms with Gasteiger partial charge in [-0.25, -0.2) is 0 Å². The number of benzene rings is 1. The molecule has 1 aromatic rings. The van der Waals surface area contributed by atoms with Gasteiger partial charge in [-0.15, -0.1) is 0 Å². The molecule has 0 bridgehead atoms. The van der Waals surface area contributed by atoms with Gasteiger partial charge in [0.05, 0.1) is 5.56 Å². The van der Waals surface area contributed by atoms with Gasteiger partial charge in [0.1, 0.15) is 0 Å². The molecule has 1 aliphatic rings. The number of nitrogens with one attached hydrogen (secondary N) is 1. The van der Waals surface area contributed by atoms with Gasteiger partial charge in [0.15, 0.2) is 0 Å². The van der Waals surface area contributed by atoms with Crippen LogP contribution in [0.2, 0.25) is 0 Å². The summed E-state index contributed by atoms with van der Waals surface area (Å²) in [5, 5.41) is 3.13. The van der Waals surface area contributed by atoms with E-state index in [4.69, 9.17) is 0 Å². The molecule has 5 heteroatoms. The van der Waals surface area contributed by atoms with Gasteiger partial charge in [0, 0.05) is 16.2 Å². The molecule has 1 fully saturated rings. The number of hydrogen-bond donors (Lipinski definition) is 1. The average Bonchev–Trinajstić information content (AvgIpc) is 3.03. The quantitative estimate of drug-likeness (QED) is 0.816. The van der Waals surface area contributed by atoms with Gasteiger partial charge in [-0.2, -0.15) is 13.2 Å². The summed E-state index contributed by atoms with van der Waals surface area (Å²) in [6.07, 6.45) is -0.798. The molecule has 1 nitrogen and oxygen atoms in total. The van der Waals surface area contributed by atoms with Crippen LogP contribution in [0, 0.1) is 5.92 Å². The minimum absolute atomic E-state index is 0.0791. The summed E-state index contributed by atoms with van der Waals surface area (Å²) in [5.41, 5.74) is -0.107. The molecule has 18 heavy (non-hydrogen) atoms. The van der Waals surface area contributed by atoms with Crippen LogP contribution in [0.3, 0.4) is 0 Å². The van der Waals surface area contributed by atoms with Crippen molar-refractivity contribution in [1.29, 1.82) is 0 Å². The highest BCUT2D eigenvalue weighted by Gasteiger charge is 2.33. The SMILES string of the molecule is CC(CC1CC1)Nc1ccc(Br)c(C(F)(F)F)c1. The Morgan fingerprint density at radius 1 is 1.39 bits per heavy atom. The van der Waals surface area contributed by atoms with Crippen molar-refractivity contribution >= 4 is 21.6 Å². The maximum Gasteiger partial charge on any atom is 0.417 e. The van der Waals surface area contributed by atoms with Crippen LogP contribution in [0.1, 0.15) is 31.7 Å². The van der Waals surface area contributed by atoms with Gasteiger partial charge in [0.25, 0.3) is 0 Å². The maximum atomic E-state index is 12.7. The number of hydrogen-bond acceptors (Lipinski definition) is 1. The van der Waals surface area contributed by atoms with Gasteiger partial charge >= 0.3 is 6.18 Å². The van der Waals surface area contributed by atoms with Crippen molar-refractivity contribution in [2.24, 2.45) is 5.92 Å². The topological polar surface area (TPSA) is 12.0 Å². The molecule has 0 aromatic heterocycles. The van der Waals surface area contributed by atoms with Crippen LogP contribution in [0.5, 0.6) is 0 Å². The Hall–Kier alpha value is -0.710. The lowest BCUT2D eigenvalue weighted by molar-refractivity contribution is -0.138. The lowest BCUT2D eigenvalue weighted by atomic mass is 10.1. The zero-order valence-electron chi connectivity index (χ0n) is 10.0. The first-order valence-corrected chi connectivity index (χ1v) is 6.79. The molecule has 1 unspecified atom stereocenters. The van der Waals surface area contributed by atoms with Crippen molar-refractivity contribution in [2.45, 2.75) is 38.4 Å². The molecule has 1 N–H and O–H groups in total. The molecule has 0 aliphatic heterocycles. The first kappa shape index (κ1) is 13.7. The molecule has 1 aliphatic carbocycles. The summed E-state index contributed by atoms with van der Waals surface area (Å²) in [6, 6.07) is 4.48. The van der Waals surface area contributed by atoms with E-state index in [-0.39, 0.29) is 10.5 Å². The molecule has 2 rings (SSSR count). The predicted octanol–water partition coefficient (Wildman–Crippen LogP) is 5.07. The lowest BCUT2D eigenvalue weighted by Gasteiger charge is -2.17. The van der Waals surface area contributed by atoms with Crippen LogP contribution in [0.25, 0.3) is 0 Å². The fourth-order valence-corrected chi connectivity index (χ4v) is 2.50. The largest absolute Gasteiger partial charge is 0.417 e. The minimum atomic E-state index is -4.32. The van der Waals surface area contributed by atoms with Gasteiger partial charge in [0.2, 0.25) is 0 Å². The summed E-state index contributed by atoms with van der Waals surface area (Å²) in [5.74, 6) is 0.755. The van der Waals surface area contributed by atoms with Gasteiger partial charge in [-0.05, 0) is 37.5 Å². The Labute approximate surface area is 113 Å². The first-order chi connectivity index (χ1) is 8.36. The van der Waals surface area contributed by atoms with Crippen LogP contribution in [0.4, 0.5) is 18.9 Å². The molecular formula is C13H15BrF3N. The highest BCUT2D eigenvalue weighted by Crippen LogP contribution is 2.37. The number of alkyl halides is 3. The van der Waals surface area contributed by atoms with Crippen molar-refractivity contribution < 1.29 is 13.2 Å². The summed E-state index contributed by atoms with van der Waals surface area (Å²) >= 11 is 2.93. The highest BCUT2D eigenvalue weighted by atomic mass is 79.9. The van der Waals surface area contributed by atoms with Crippen molar-refractivity contribution in [3.63, 3.8) is 0 Å². The van der Waals surface area contributed by atoms with Gasteiger partial charge in [-0.1, -0.05) is 28.8 Å². The number of rotatable bonds is 4. The van der Waals surface area contributed by atoms with Crippen LogP contribution in [0.15, 0.2) is 22.7 Å². The third-order valence-corrected chi connectivity index (χ3v) is 3.76.